The first-order valence-electron chi connectivity index (χ1n) is 6.98. The lowest BCUT2D eigenvalue weighted by atomic mass is 9.97. The van der Waals surface area contributed by atoms with Gasteiger partial charge >= 0.3 is 0 Å². The molecule has 2 unspecified atom stereocenters. The first kappa shape index (κ1) is 15.1. The summed E-state index contributed by atoms with van der Waals surface area (Å²) in [5.41, 5.74) is 1.26. The van der Waals surface area contributed by atoms with Crippen LogP contribution >= 0.6 is 27.5 Å². The molecule has 1 fully saturated rings. The van der Waals surface area contributed by atoms with Crippen molar-refractivity contribution in [3.05, 3.63) is 27.7 Å². The number of piperazine rings is 1. The summed E-state index contributed by atoms with van der Waals surface area (Å²) in [6.07, 6.45) is 1.16. The van der Waals surface area contributed by atoms with Crippen LogP contribution in [0.15, 0.2) is 22.7 Å². The Morgan fingerprint density at radius 3 is 2.79 bits per heavy atom. The summed E-state index contributed by atoms with van der Waals surface area (Å²) < 4.78 is 0.973. The Morgan fingerprint density at radius 1 is 1.47 bits per heavy atom. The third-order valence-electron chi connectivity index (χ3n) is 3.93. The van der Waals surface area contributed by atoms with Gasteiger partial charge in [0.15, 0.2) is 0 Å². The Labute approximate surface area is 129 Å². The lowest BCUT2D eigenvalue weighted by Gasteiger charge is -2.44. The highest BCUT2D eigenvalue weighted by atomic mass is 79.9. The van der Waals surface area contributed by atoms with Gasteiger partial charge in [0.1, 0.15) is 0 Å². The molecular formula is C15H22BrClN2. The van der Waals surface area contributed by atoms with E-state index in [1.807, 2.05) is 6.07 Å². The normalized spacial score (nSPS) is 24.0. The monoisotopic (exact) mass is 344 g/mol. The van der Waals surface area contributed by atoms with Crippen molar-refractivity contribution in [1.82, 2.24) is 5.32 Å². The predicted molar refractivity (Wildman–Crippen MR) is 87.2 cm³/mol. The molecule has 0 radical (unpaired) electrons. The van der Waals surface area contributed by atoms with Crippen LogP contribution in [0.3, 0.4) is 0 Å². The molecule has 106 valence electrons. The van der Waals surface area contributed by atoms with Crippen molar-refractivity contribution in [1.29, 1.82) is 0 Å². The van der Waals surface area contributed by atoms with E-state index in [1.165, 1.54) is 5.69 Å². The van der Waals surface area contributed by atoms with Gasteiger partial charge in [0.25, 0.3) is 0 Å². The number of rotatable bonds is 3. The van der Waals surface area contributed by atoms with E-state index in [-0.39, 0.29) is 0 Å². The van der Waals surface area contributed by atoms with Crippen molar-refractivity contribution < 1.29 is 0 Å². The number of hydrogen-bond donors (Lipinski definition) is 1. The van der Waals surface area contributed by atoms with Crippen LogP contribution in [-0.2, 0) is 0 Å². The van der Waals surface area contributed by atoms with E-state index in [4.69, 9.17) is 11.6 Å². The van der Waals surface area contributed by atoms with Gasteiger partial charge in [-0.1, -0.05) is 32.4 Å². The van der Waals surface area contributed by atoms with Crippen molar-refractivity contribution >= 4 is 33.2 Å². The Balaban J connectivity index is 2.27. The van der Waals surface area contributed by atoms with Crippen molar-refractivity contribution in [3.8, 4) is 0 Å². The molecule has 1 aliphatic rings. The molecule has 0 aliphatic carbocycles. The van der Waals surface area contributed by atoms with E-state index in [0.717, 1.165) is 29.0 Å². The van der Waals surface area contributed by atoms with Crippen molar-refractivity contribution in [3.63, 3.8) is 0 Å². The van der Waals surface area contributed by atoms with E-state index >= 15 is 0 Å². The highest BCUT2D eigenvalue weighted by molar-refractivity contribution is 9.10. The van der Waals surface area contributed by atoms with E-state index in [1.54, 1.807) is 0 Å². The van der Waals surface area contributed by atoms with Crippen molar-refractivity contribution in [2.24, 2.45) is 5.92 Å². The Bertz CT molecular complexity index is 436. The SMILES string of the molecule is CCC1CN(c2ccc(Cl)c(Br)c2)C(C(C)C)CN1. The Hall–Kier alpha value is -0.250. The maximum atomic E-state index is 6.10. The quantitative estimate of drug-likeness (QED) is 0.878. The Morgan fingerprint density at radius 2 is 2.21 bits per heavy atom. The Kier molecular flexibility index (Phi) is 5.15. The number of hydrogen-bond acceptors (Lipinski definition) is 2. The first-order valence-corrected chi connectivity index (χ1v) is 8.15. The van der Waals surface area contributed by atoms with Crippen LogP contribution in [0.25, 0.3) is 0 Å². The summed E-state index contributed by atoms with van der Waals surface area (Å²) in [5, 5.41) is 4.42. The molecule has 2 atom stereocenters. The zero-order valence-corrected chi connectivity index (χ0v) is 14.1. The zero-order chi connectivity index (χ0) is 14.0. The highest BCUT2D eigenvalue weighted by Crippen LogP contribution is 2.31. The van der Waals surface area contributed by atoms with E-state index < -0.39 is 0 Å². The molecule has 2 nitrogen and oxygen atoms in total. The summed E-state index contributed by atoms with van der Waals surface area (Å²) >= 11 is 9.62. The molecule has 0 amide bonds. The van der Waals surface area contributed by atoms with E-state index in [0.29, 0.717) is 18.0 Å². The second kappa shape index (κ2) is 6.47. The molecule has 1 aliphatic heterocycles. The maximum Gasteiger partial charge on any atom is 0.0549 e. The van der Waals surface area contributed by atoms with E-state index in [2.05, 4.69) is 59.1 Å². The summed E-state index contributed by atoms with van der Waals surface area (Å²) in [4.78, 5) is 2.52. The molecule has 0 bridgehead atoms. The van der Waals surface area contributed by atoms with Crippen LogP contribution < -0.4 is 10.2 Å². The largest absolute Gasteiger partial charge is 0.365 e. The van der Waals surface area contributed by atoms with Crippen LogP contribution in [0.5, 0.6) is 0 Å². The molecule has 0 aromatic heterocycles. The molecule has 1 aromatic carbocycles. The highest BCUT2D eigenvalue weighted by Gasteiger charge is 2.29. The molecule has 2 rings (SSSR count). The van der Waals surface area contributed by atoms with Gasteiger partial charge in [-0.05, 0) is 46.5 Å². The molecule has 1 N–H and O–H groups in total. The van der Waals surface area contributed by atoms with E-state index in [9.17, 15) is 0 Å². The third kappa shape index (κ3) is 3.45. The minimum atomic E-state index is 0.538. The first-order chi connectivity index (χ1) is 9.02. The fourth-order valence-corrected chi connectivity index (χ4v) is 3.15. The van der Waals surface area contributed by atoms with Gasteiger partial charge < -0.3 is 10.2 Å². The smallest absolute Gasteiger partial charge is 0.0549 e. The van der Waals surface area contributed by atoms with Crippen molar-refractivity contribution in [2.75, 3.05) is 18.0 Å². The molecular weight excluding hydrogens is 324 g/mol. The van der Waals surface area contributed by atoms with Gasteiger partial charge in [-0.15, -0.1) is 0 Å². The number of halogens is 2. The zero-order valence-electron chi connectivity index (χ0n) is 11.8. The summed E-state index contributed by atoms with van der Waals surface area (Å²) in [6, 6.07) is 7.35. The van der Waals surface area contributed by atoms with Crippen LogP contribution in [0.2, 0.25) is 5.02 Å². The van der Waals surface area contributed by atoms with Crippen LogP contribution in [0, 0.1) is 5.92 Å². The minimum Gasteiger partial charge on any atom is -0.365 e. The van der Waals surface area contributed by atoms with Crippen LogP contribution in [-0.4, -0.2) is 25.2 Å². The number of anilines is 1. The molecule has 0 spiro atoms. The predicted octanol–water partition coefficient (Wildman–Crippen LogP) is 4.32. The number of nitrogens with one attached hydrogen (secondary N) is 1. The standard InChI is InChI=1S/C15H22BrClN2/c1-4-11-9-19(15(8-18-11)10(2)3)12-5-6-14(17)13(16)7-12/h5-7,10-11,15,18H,4,8-9H2,1-3H3. The topological polar surface area (TPSA) is 15.3 Å². The van der Waals surface area contributed by atoms with Gasteiger partial charge in [-0.2, -0.15) is 0 Å². The fraction of sp³-hybridized carbons (Fsp3) is 0.600. The second-order valence-corrected chi connectivity index (χ2v) is 6.84. The van der Waals surface area contributed by atoms with Crippen LogP contribution in [0.4, 0.5) is 5.69 Å². The molecule has 0 saturated carbocycles. The van der Waals surface area contributed by atoms with Gasteiger partial charge in [0.2, 0.25) is 0 Å². The lowest BCUT2D eigenvalue weighted by molar-refractivity contribution is 0.333. The van der Waals surface area contributed by atoms with Crippen molar-refractivity contribution in [2.45, 2.75) is 39.3 Å². The average molecular weight is 346 g/mol. The lowest BCUT2D eigenvalue weighted by Crippen LogP contribution is -2.58. The number of benzene rings is 1. The second-order valence-electron chi connectivity index (χ2n) is 5.58. The molecule has 1 aromatic rings. The van der Waals surface area contributed by atoms with Crippen LogP contribution in [0.1, 0.15) is 27.2 Å². The fourth-order valence-electron chi connectivity index (χ4n) is 2.66. The average Bonchev–Trinajstić information content (AvgIpc) is 2.41. The minimum absolute atomic E-state index is 0.538. The van der Waals surface area contributed by atoms with Gasteiger partial charge in [-0.25, -0.2) is 0 Å². The summed E-state index contributed by atoms with van der Waals surface area (Å²) in [7, 11) is 0. The van der Waals surface area contributed by atoms with Gasteiger partial charge in [0, 0.05) is 35.3 Å². The molecule has 1 heterocycles. The van der Waals surface area contributed by atoms with Gasteiger partial charge in [-0.3, -0.25) is 0 Å². The molecule has 4 heteroatoms. The number of nitrogens with zero attached hydrogens (tertiary/aromatic N) is 1. The maximum absolute atomic E-state index is 6.10. The summed E-state index contributed by atoms with van der Waals surface area (Å²) in [5.74, 6) is 0.625. The molecule has 19 heavy (non-hydrogen) atoms. The third-order valence-corrected chi connectivity index (χ3v) is 5.14. The van der Waals surface area contributed by atoms with Gasteiger partial charge in [0.05, 0.1) is 5.02 Å². The summed E-state index contributed by atoms with van der Waals surface area (Å²) in [6.45, 7) is 8.93. The molecule has 1 saturated heterocycles.